The molecule has 7 heteroatoms. The Hall–Kier alpha value is -1.63. The average molecular weight is 342 g/mol. The maximum Gasteiger partial charge on any atom is 0.321 e. The highest BCUT2D eigenvalue weighted by Gasteiger charge is 2.21. The molecule has 0 saturated carbocycles. The van der Waals surface area contributed by atoms with Crippen molar-refractivity contribution >= 4 is 29.2 Å². The van der Waals surface area contributed by atoms with Crippen molar-refractivity contribution < 1.29 is 14.7 Å². The van der Waals surface area contributed by atoms with Gasteiger partial charge >= 0.3 is 5.97 Å². The first kappa shape index (κ1) is 19.4. The second kappa shape index (κ2) is 9.50. The first-order valence-electron chi connectivity index (χ1n) is 7.47. The monoisotopic (exact) mass is 341 g/mol. The molecule has 0 bridgehead atoms. The van der Waals surface area contributed by atoms with Crippen LogP contribution in [0.2, 0.25) is 5.02 Å². The molecule has 0 aliphatic rings. The van der Waals surface area contributed by atoms with Crippen LogP contribution in [-0.4, -0.2) is 55.1 Å². The van der Waals surface area contributed by atoms with Gasteiger partial charge in [0.2, 0.25) is 5.91 Å². The molecule has 6 nitrogen and oxygen atoms in total. The summed E-state index contributed by atoms with van der Waals surface area (Å²) < 4.78 is 0. The molecule has 0 spiro atoms. The normalized spacial score (nSPS) is 12.2. The molecule has 0 aliphatic carbocycles. The highest BCUT2D eigenvalue weighted by molar-refractivity contribution is 6.31. The van der Waals surface area contributed by atoms with Gasteiger partial charge in [-0.15, -0.1) is 0 Å². The third kappa shape index (κ3) is 6.99. The second-order valence-corrected chi connectivity index (χ2v) is 6.07. The third-order valence-electron chi connectivity index (χ3n) is 3.40. The molecule has 0 aromatic heterocycles. The predicted octanol–water partition coefficient (Wildman–Crippen LogP) is 1.97. The quantitative estimate of drug-likeness (QED) is 0.598. The standard InChI is InChI=1S/C16H24ClN3O3/c1-11-12(17)6-4-7-13(11)19-15(21)10-14(16(22)23)18-8-5-9-20(2)3/h4,6-7,14,18H,5,8-10H2,1-3H3,(H,19,21)(H,22,23)/t14-/m0/s1. The average Bonchev–Trinajstić information content (AvgIpc) is 2.46. The van der Waals surface area contributed by atoms with Crippen molar-refractivity contribution in [3.05, 3.63) is 28.8 Å². The zero-order chi connectivity index (χ0) is 17.4. The molecule has 0 unspecified atom stereocenters. The Labute approximate surface area is 141 Å². The number of nitrogens with one attached hydrogen (secondary N) is 2. The number of anilines is 1. The van der Waals surface area contributed by atoms with E-state index >= 15 is 0 Å². The first-order chi connectivity index (χ1) is 10.8. The maximum absolute atomic E-state index is 12.1. The minimum atomic E-state index is -1.03. The van der Waals surface area contributed by atoms with E-state index in [0.717, 1.165) is 18.5 Å². The van der Waals surface area contributed by atoms with Crippen LogP contribution in [0.25, 0.3) is 0 Å². The van der Waals surface area contributed by atoms with E-state index in [4.69, 9.17) is 11.6 Å². The van der Waals surface area contributed by atoms with E-state index in [1.54, 1.807) is 25.1 Å². The van der Waals surface area contributed by atoms with E-state index in [9.17, 15) is 14.7 Å². The number of rotatable bonds is 9. The zero-order valence-electron chi connectivity index (χ0n) is 13.7. The fourth-order valence-electron chi connectivity index (χ4n) is 2.05. The highest BCUT2D eigenvalue weighted by atomic mass is 35.5. The summed E-state index contributed by atoms with van der Waals surface area (Å²) in [6, 6.07) is 4.30. The maximum atomic E-state index is 12.1. The summed E-state index contributed by atoms with van der Waals surface area (Å²) in [5.74, 6) is -1.39. The number of benzene rings is 1. The molecule has 0 saturated heterocycles. The van der Waals surface area contributed by atoms with Crippen LogP contribution in [0.5, 0.6) is 0 Å². The topological polar surface area (TPSA) is 81.7 Å². The van der Waals surface area contributed by atoms with Gasteiger partial charge in [-0.3, -0.25) is 9.59 Å². The van der Waals surface area contributed by atoms with Crippen molar-refractivity contribution in [1.29, 1.82) is 0 Å². The number of hydrogen-bond donors (Lipinski definition) is 3. The smallest absolute Gasteiger partial charge is 0.321 e. The van der Waals surface area contributed by atoms with Crippen molar-refractivity contribution in [1.82, 2.24) is 10.2 Å². The number of hydrogen-bond acceptors (Lipinski definition) is 4. The molecule has 1 amide bonds. The van der Waals surface area contributed by atoms with Crippen LogP contribution in [0, 0.1) is 6.92 Å². The van der Waals surface area contributed by atoms with Crippen LogP contribution in [0.3, 0.4) is 0 Å². The summed E-state index contributed by atoms with van der Waals surface area (Å²) in [6.07, 6.45) is 0.676. The van der Waals surface area contributed by atoms with Crippen molar-refractivity contribution in [2.24, 2.45) is 0 Å². The molecule has 1 aromatic rings. The number of carbonyl (C=O) groups is 2. The number of carboxylic acids is 1. The number of amides is 1. The van der Waals surface area contributed by atoms with Crippen LogP contribution in [0.15, 0.2) is 18.2 Å². The summed E-state index contributed by atoms with van der Waals surface area (Å²) in [4.78, 5) is 25.3. The van der Waals surface area contributed by atoms with Gasteiger partial charge in [0.15, 0.2) is 0 Å². The third-order valence-corrected chi connectivity index (χ3v) is 3.81. The number of halogens is 1. The van der Waals surface area contributed by atoms with Crippen molar-refractivity contribution in [3.63, 3.8) is 0 Å². The molecule has 23 heavy (non-hydrogen) atoms. The molecule has 0 fully saturated rings. The first-order valence-corrected chi connectivity index (χ1v) is 7.85. The van der Waals surface area contributed by atoms with Gasteiger partial charge in [-0.05, 0) is 58.2 Å². The summed E-state index contributed by atoms with van der Waals surface area (Å²) in [7, 11) is 3.91. The van der Waals surface area contributed by atoms with Gasteiger partial charge in [-0.2, -0.15) is 0 Å². The van der Waals surface area contributed by atoms with Crippen LogP contribution in [-0.2, 0) is 9.59 Å². The lowest BCUT2D eigenvalue weighted by Crippen LogP contribution is -2.40. The molecule has 1 atom stereocenters. The summed E-state index contributed by atoms with van der Waals surface area (Å²) >= 11 is 6.00. The Bertz CT molecular complexity index is 549. The SMILES string of the molecule is Cc1c(Cl)cccc1NC(=O)C[C@H](NCCCN(C)C)C(=O)O. The van der Waals surface area contributed by atoms with E-state index < -0.39 is 12.0 Å². The number of carbonyl (C=O) groups excluding carboxylic acids is 1. The van der Waals surface area contributed by atoms with E-state index in [0.29, 0.717) is 17.3 Å². The van der Waals surface area contributed by atoms with Gasteiger partial charge < -0.3 is 20.6 Å². The van der Waals surface area contributed by atoms with Gasteiger partial charge in [-0.25, -0.2) is 0 Å². The van der Waals surface area contributed by atoms with Gasteiger partial charge in [0.05, 0.1) is 6.42 Å². The Morgan fingerprint density at radius 2 is 2.04 bits per heavy atom. The number of carboxylic acid groups (broad SMARTS) is 1. The molecule has 0 heterocycles. The van der Waals surface area contributed by atoms with Crippen LogP contribution in [0.1, 0.15) is 18.4 Å². The van der Waals surface area contributed by atoms with Gasteiger partial charge in [0, 0.05) is 10.7 Å². The molecular weight excluding hydrogens is 318 g/mol. The molecule has 0 radical (unpaired) electrons. The second-order valence-electron chi connectivity index (χ2n) is 5.67. The Morgan fingerprint density at radius 3 is 2.65 bits per heavy atom. The lowest BCUT2D eigenvalue weighted by atomic mass is 10.1. The molecule has 1 rings (SSSR count). The molecular formula is C16H24ClN3O3. The van der Waals surface area contributed by atoms with Gasteiger partial charge in [-0.1, -0.05) is 17.7 Å². The molecule has 1 aromatic carbocycles. The van der Waals surface area contributed by atoms with E-state index in [1.807, 2.05) is 19.0 Å². The Morgan fingerprint density at radius 1 is 1.35 bits per heavy atom. The minimum absolute atomic E-state index is 0.136. The summed E-state index contributed by atoms with van der Waals surface area (Å²) in [5, 5.41) is 15.4. The van der Waals surface area contributed by atoms with Crippen molar-refractivity contribution in [2.45, 2.75) is 25.8 Å². The Kier molecular flexibility index (Phi) is 8.02. The van der Waals surface area contributed by atoms with Crippen LogP contribution >= 0.6 is 11.6 Å². The number of aliphatic carboxylic acids is 1. The highest BCUT2D eigenvalue weighted by Crippen LogP contribution is 2.23. The van der Waals surface area contributed by atoms with E-state index in [1.165, 1.54) is 0 Å². The minimum Gasteiger partial charge on any atom is -0.480 e. The van der Waals surface area contributed by atoms with Gasteiger partial charge in [0.1, 0.15) is 6.04 Å². The predicted molar refractivity (Wildman–Crippen MR) is 92.0 cm³/mol. The molecule has 128 valence electrons. The zero-order valence-corrected chi connectivity index (χ0v) is 14.5. The van der Waals surface area contributed by atoms with E-state index in [2.05, 4.69) is 10.6 Å². The van der Waals surface area contributed by atoms with Crippen LogP contribution < -0.4 is 10.6 Å². The number of nitrogens with zero attached hydrogens (tertiary/aromatic N) is 1. The fraction of sp³-hybridized carbons (Fsp3) is 0.500. The van der Waals surface area contributed by atoms with Crippen molar-refractivity contribution in [2.75, 3.05) is 32.5 Å². The largest absolute Gasteiger partial charge is 0.480 e. The molecule has 3 N–H and O–H groups in total. The summed E-state index contributed by atoms with van der Waals surface area (Å²) in [6.45, 7) is 3.19. The molecule has 0 aliphatic heterocycles. The van der Waals surface area contributed by atoms with Crippen molar-refractivity contribution in [3.8, 4) is 0 Å². The Balaban J connectivity index is 2.54. The summed E-state index contributed by atoms with van der Waals surface area (Å²) in [5.41, 5.74) is 1.35. The van der Waals surface area contributed by atoms with Gasteiger partial charge in [0.25, 0.3) is 0 Å². The lowest BCUT2D eigenvalue weighted by molar-refractivity contribution is -0.141. The lowest BCUT2D eigenvalue weighted by Gasteiger charge is -2.16. The van der Waals surface area contributed by atoms with E-state index in [-0.39, 0.29) is 12.3 Å². The van der Waals surface area contributed by atoms with Crippen LogP contribution in [0.4, 0.5) is 5.69 Å². The fourth-order valence-corrected chi connectivity index (χ4v) is 2.22.